The highest BCUT2D eigenvalue weighted by molar-refractivity contribution is 9.10. The first-order chi connectivity index (χ1) is 11.3. The predicted molar refractivity (Wildman–Crippen MR) is 92.7 cm³/mol. The molecular weight excluding hydrogens is 378 g/mol. The normalized spacial score (nSPS) is 10.3. The summed E-state index contributed by atoms with van der Waals surface area (Å²) < 4.78 is 6.37. The van der Waals surface area contributed by atoms with Crippen molar-refractivity contribution < 1.29 is 24.5 Å². The topological polar surface area (TPSA) is 95.9 Å². The number of phenolic OH excluding ortho intramolecular Hbond substituents is 1. The molecule has 0 spiro atoms. The molecule has 0 atom stereocenters. The molecule has 0 aliphatic rings. The van der Waals surface area contributed by atoms with Gasteiger partial charge in [0.1, 0.15) is 23.7 Å². The van der Waals surface area contributed by atoms with E-state index in [0.717, 1.165) is 11.1 Å². The number of benzene rings is 2. The van der Waals surface area contributed by atoms with Crippen LogP contribution in [0, 0.1) is 13.8 Å². The summed E-state index contributed by atoms with van der Waals surface area (Å²) in [7, 11) is 0. The van der Waals surface area contributed by atoms with Crippen molar-refractivity contribution in [3.63, 3.8) is 0 Å². The van der Waals surface area contributed by atoms with E-state index in [1.165, 1.54) is 6.07 Å². The number of ether oxygens (including phenoxy) is 1. The summed E-state index contributed by atoms with van der Waals surface area (Å²) >= 11 is 3.23. The van der Waals surface area contributed by atoms with Crippen molar-refractivity contribution in [3.05, 3.63) is 45.9 Å². The van der Waals surface area contributed by atoms with E-state index >= 15 is 0 Å². The van der Waals surface area contributed by atoms with Crippen LogP contribution in [-0.2, 0) is 9.59 Å². The van der Waals surface area contributed by atoms with E-state index in [2.05, 4.69) is 21.2 Å². The minimum absolute atomic E-state index is 0.118. The van der Waals surface area contributed by atoms with E-state index in [9.17, 15) is 14.7 Å². The zero-order valence-corrected chi connectivity index (χ0v) is 14.7. The number of hydrogen-bond donors (Lipinski definition) is 3. The Bertz CT molecular complexity index is 781. The fraction of sp³-hybridized carbons (Fsp3) is 0.176. The zero-order valence-electron chi connectivity index (χ0n) is 13.1. The molecule has 0 fully saturated rings. The minimum Gasteiger partial charge on any atom is -0.507 e. The van der Waals surface area contributed by atoms with Gasteiger partial charge in [-0.15, -0.1) is 0 Å². The van der Waals surface area contributed by atoms with Gasteiger partial charge < -0.3 is 20.3 Å². The van der Waals surface area contributed by atoms with Gasteiger partial charge in [-0.2, -0.15) is 0 Å². The molecular formula is C17H16BrNO5. The van der Waals surface area contributed by atoms with Crippen LogP contribution < -0.4 is 10.1 Å². The van der Waals surface area contributed by atoms with Gasteiger partial charge in [0.2, 0.25) is 5.91 Å². The van der Waals surface area contributed by atoms with E-state index in [1.54, 1.807) is 24.3 Å². The average Bonchev–Trinajstić information content (AvgIpc) is 2.45. The Hall–Kier alpha value is -2.54. The lowest BCUT2D eigenvalue weighted by Gasteiger charge is -2.14. The summed E-state index contributed by atoms with van der Waals surface area (Å²) in [6.45, 7) is 3.65. The predicted octanol–water partition coefficient (Wildman–Crippen LogP) is 3.98. The summed E-state index contributed by atoms with van der Waals surface area (Å²) in [5.41, 5.74) is 2.07. The molecule has 2 aromatic carbocycles. The summed E-state index contributed by atoms with van der Waals surface area (Å²) in [5, 5.41) is 20.7. The van der Waals surface area contributed by atoms with Gasteiger partial charge in [-0.05, 0) is 71.2 Å². The molecule has 24 heavy (non-hydrogen) atoms. The van der Waals surface area contributed by atoms with Gasteiger partial charge in [-0.3, -0.25) is 9.59 Å². The smallest absolute Gasteiger partial charge is 0.312 e. The second kappa shape index (κ2) is 7.35. The monoisotopic (exact) mass is 393 g/mol. The number of aryl methyl sites for hydroxylation is 2. The van der Waals surface area contributed by atoms with Gasteiger partial charge in [0.05, 0.1) is 4.47 Å². The Morgan fingerprint density at radius 2 is 1.79 bits per heavy atom. The highest BCUT2D eigenvalue weighted by Gasteiger charge is 2.12. The molecule has 0 aromatic heterocycles. The number of aliphatic carboxylic acids is 1. The quantitative estimate of drug-likeness (QED) is 0.667. The largest absolute Gasteiger partial charge is 0.507 e. The van der Waals surface area contributed by atoms with Crippen LogP contribution in [0.3, 0.4) is 0 Å². The lowest BCUT2D eigenvalue weighted by molar-refractivity contribution is -0.139. The van der Waals surface area contributed by atoms with Crippen molar-refractivity contribution in [3.8, 4) is 17.2 Å². The molecule has 3 N–H and O–H groups in total. The molecule has 0 radical (unpaired) electrons. The number of carbonyl (C=O) groups excluding carboxylic acids is 1. The van der Waals surface area contributed by atoms with Crippen LogP contribution in [0.1, 0.15) is 17.5 Å². The van der Waals surface area contributed by atoms with Crippen molar-refractivity contribution in [1.82, 2.24) is 0 Å². The summed E-state index contributed by atoms with van der Waals surface area (Å²) in [6.07, 6.45) is -0.585. The number of carboxylic acids is 1. The second-order valence-corrected chi connectivity index (χ2v) is 6.13. The third-order valence-electron chi connectivity index (χ3n) is 3.19. The standard InChI is InChI=1S/C17H16BrNO5/c1-9-5-11(19-15(21)8-16(22)23)6-10(2)17(9)24-12-3-4-14(20)13(18)7-12/h3-7,20H,8H2,1-2H3,(H,19,21)(H,22,23). The maximum Gasteiger partial charge on any atom is 0.312 e. The van der Waals surface area contributed by atoms with Gasteiger partial charge in [0.25, 0.3) is 0 Å². The van der Waals surface area contributed by atoms with Crippen LogP contribution in [0.25, 0.3) is 0 Å². The summed E-state index contributed by atoms with van der Waals surface area (Å²) in [5.74, 6) is -0.471. The molecule has 6 nitrogen and oxygen atoms in total. The number of phenols is 1. The molecule has 0 unspecified atom stereocenters. The number of carboxylic acid groups (broad SMARTS) is 1. The number of anilines is 1. The minimum atomic E-state index is -1.18. The molecule has 0 saturated carbocycles. The Morgan fingerprint density at radius 1 is 1.17 bits per heavy atom. The highest BCUT2D eigenvalue weighted by Crippen LogP contribution is 2.34. The van der Waals surface area contributed by atoms with Gasteiger partial charge in [-0.25, -0.2) is 0 Å². The zero-order chi connectivity index (χ0) is 17.9. The molecule has 0 aliphatic heterocycles. The van der Waals surface area contributed by atoms with Crippen LogP contribution in [0.2, 0.25) is 0 Å². The molecule has 7 heteroatoms. The Kier molecular flexibility index (Phi) is 5.46. The summed E-state index contributed by atoms with van der Waals surface area (Å²) in [6, 6.07) is 8.22. The molecule has 0 aliphatic carbocycles. The van der Waals surface area contributed by atoms with Gasteiger partial charge >= 0.3 is 5.97 Å². The number of halogens is 1. The number of amides is 1. The Labute approximate surface area is 147 Å². The van der Waals surface area contributed by atoms with E-state index in [4.69, 9.17) is 9.84 Å². The molecule has 2 aromatic rings. The molecule has 0 heterocycles. The fourth-order valence-electron chi connectivity index (χ4n) is 2.19. The molecule has 126 valence electrons. The van der Waals surface area contributed by atoms with Crippen LogP contribution >= 0.6 is 15.9 Å². The van der Waals surface area contributed by atoms with E-state index < -0.39 is 18.3 Å². The molecule has 1 amide bonds. The van der Waals surface area contributed by atoms with Crippen LogP contribution in [-0.4, -0.2) is 22.1 Å². The highest BCUT2D eigenvalue weighted by atomic mass is 79.9. The number of aromatic hydroxyl groups is 1. The Balaban J connectivity index is 2.21. The second-order valence-electron chi connectivity index (χ2n) is 5.27. The maximum atomic E-state index is 11.5. The lowest BCUT2D eigenvalue weighted by Crippen LogP contribution is -2.16. The SMILES string of the molecule is Cc1cc(NC(=O)CC(=O)O)cc(C)c1Oc1ccc(O)c(Br)c1. The van der Waals surface area contributed by atoms with Crippen molar-refractivity contribution >= 4 is 33.5 Å². The fourth-order valence-corrected chi connectivity index (χ4v) is 2.55. The van der Waals surface area contributed by atoms with Crippen molar-refractivity contribution in [1.29, 1.82) is 0 Å². The van der Waals surface area contributed by atoms with Crippen molar-refractivity contribution in [2.24, 2.45) is 0 Å². The Morgan fingerprint density at radius 3 is 2.33 bits per heavy atom. The third kappa shape index (κ3) is 4.48. The van der Waals surface area contributed by atoms with E-state index in [0.29, 0.717) is 21.7 Å². The van der Waals surface area contributed by atoms with Crippen LogP contribution in [0.4, 0.5) is 5.69 Å². The molecule has 0 saturated heterocycles. The van der Waals surface area contributed by atoms with Gasteiger partial charge in [-0.1, -0.05) is 0 Å². The van der Waals surface area contributed by atoms with E-state index in [1.807, 2.05) is 13.8 Å². The lowest BCUT2D eigenvalue weighted by atomic mass is 10.1. The summed E-state index contributed by atoms with van der Waals surface area (Å²) in [4.78, 5) is 22.1. The molecule has 2 rings (SSSR count). The number of hydrogen-bond acceptors (Lipinski definition) is 4. The first kappa shape index (κ1) is 17.8. The van der Waals surface area contributed by atoms with Crippen LogP contribution in [0.5, 0.6) is 17.2 Å². The van der Waals surface area contributed by atoms with Crippen molar-refractivity contribution in [2.45, 2.75) is 20.3 Å². The van der Waals surface area contributed by atoms with E-state index in [-0.39, 0.29) is 5.75 Å². The van der Waals surface area contributed by atoms with Gasteiger partial charge in [0, 0.05) is 5.69 Å². The van der Waals surface area contributed by atoms with Gasteiger partial charge in [0.15, 0.2) is 0 Å². The van der Waals surface area contributed by atoms with Crippen LogP contribution in [0.15, 0.2) is 34.8 Å². The third-order valence-corrected chi connectivity index (χ3v) is 3.83. The number of rotatable bonds is 5. The first-order valence-electron chi connectivity index (χ1n) is 7.05. The number of carbonyl (C=O) groups is 2. The average molecular weight is 394 g/mol. The number of nitrogens with one attached hydrogen (secondary N) is 1. The first-order valence-corrected chi connectivity index (χ1v) is 7.85. The molecule has 0 bridgehead atoms. The van der Waals surface area contributed by atoms with Crippen molar-refractivity contribution in [2.75, 3.05) is 5.32 Å². The maximum absolute atomic E-state index is 11.5.